The Kier molecular flexibility index (Phi) is 3.50. The predicted molar refractivity (Wildman–Crippen MR) is 76.7 cm³/mol. The van der Waals surface area contributed by atoms with Gasteiger partial charge >= 0.3 is 5.97 Å². The van der Waals surface area contributed by atoms with E-state index < -0.39 is 11.4 Å². The van der Waals surface area contributed by atoms with Crippen LogP contribution in [0.2, 0.25) is 0 Å². The molecule has 1 unspecified atom stereocenters. The van der Waals surface area contributed by atoms with E-state index in [0.29, 0.717) is 12.5 Å². The van der Waals surface area contributed by atoms with Gasteiger partial charge in [-0.1, -0.05) is 39.5 Å². The molecule has 1 atom stereocenters. The second kappa shape index (κ2) is 5.07. The van der Waals surface area contributed by atoms with Gasteiger partial charge in [0.2, 0.25) is 0 Å². The van der Waals surface area contributed by atoms with E-state index in [4.69, 9.17) is 0 Å². The van der Waals surface area contributed by atoms with Crippen LogP contribution in [0.25, 0.3) is 0 Å². The largest absolute Gasteiger partial charge is 0.481 e. The molecule has 0 saturated heterocycles. The predicted octanol–water partition coefficient (Wildman–Crippen LogP) is 2.61. The number of carboxylic acid groups (broad SMARTS) is 1. The lowest BCUT2D eigenvalue weighted by Crippen LogP contribution is -2.36. The molecule has 0 amide bonds. The quantitative estimate of drug-likeness (QED) is 0.863. The number of nitrogens with zero attached hydrogens (tertiary/aromatic N) is 4. The first-order valence-corrected chi connectivity index (χ1v) is 7.94. The zero-order valence-corrected chi connectivity index (χ0v) is 12.9. The maximum atomic E-state index is 11.9. The molecule has 1 aromatic heterocycles. The number of hydrogen-bond donors (Lipinski definition) is 1. The fourth-order valence-corrected chi connectivity index (χ4v) is 3.61. The summed E-state index contributed by atoms with van der Waals surface area (Å²) in [5, 5.41) is 21.8. The summed E-state index contributed by atoms with van der Waals surface area (Å²) in [5.74, 6) is 0.537. The minimum atomic E-state index is -0.695. The lowest BCUT2D eigenvalue weighted by Gasteiger charge is -2.28. The van der Waals surface area contributed by atoms with Crippen LogP contribution in [0.3, 0.4) is 0 Å². The molecule has 1 aromatic rings. The molecule has 116 valence electrons. The van der Waals surface area contributed by atoms with Crippen LogP contribution in [0.4, 0.5) is 0 Å². The van der Waals surface area contributed by atoms with Crippen molar-refractivity contribution in [2.24, 2.45) is 10.8 Å². The summed E-state index contributed by atoms with van der Waals surface area (Å²) in [6.07, 6.45) is 6.77. The van der Waals surface area contributed by atoms with Gasteiger partial charge in [-0.3, -0.25) is 4.79 Å². The van der Waals surface area contributed by atoms with Gasteiger partial charge in [-0.25, -0.2) is 4.68 Å². The van der Waals surface area contributed by atoms with Crippen molar-refractivity contribution in [1.29, 1.82) is 0 Å². The van der Waals surface area contributed by atoms with Crippen LogP contribution in [0.1, 0.15) is 70.5 Å². The molecule has 21 heavy (non-hydrogen) atoms. The van der Waals surface area contributed by atoms with Crippen molar-refractivity contribution < 1.29 is 9.90 Å². The van der Waals surface area contributed by atoms with Crippen molar-refractivity contribution in [2.75, 3.05) is 0 Å². The first-order valence-electron chi connectivity index (χ1n) is 7.94. The van der Waals surface area contributed by atoms with Gasteiger partial charge < -0.3 is 5.11 Å². The van der Waals surface area contributed by atoms with Crippen LogP contribution in [-0.2, 0) is 11.3 Å². The first-order chi connectivity index (χ1) is 9.95. The molecule has 0 aromatic carbocycles. The summed E-state index contributed by atoms with van der Waals surface area (Å²) < 4.78 is 1.76. The van der Waals surface area contributed by atoms with Crippen LogP contribution in [-0.4, -0.2) is 31.3 Å². The van der Waals surface area contributed by atoms with Gasteiger partial charge in [0.1, 0.15) is 0 Å². The van der Waals surface area contributed by atoms with E-state index in [1.165, 1.54) is 0 Å². The van der Waals surface area contributed by atoms with E-state index in [-0.39, 0.29) is 5.41 Å². The van der Waals surface area contributed by atoms with Gasteiger partial charge in [-0.2, -0.15) is 0 Å². The monoisotopic (exact) mass is 292 g/mol. The third-order valence-corrected chi connectivity index (χ3v) is 5.35. The van der Waals surface area contributed by atoms with Gasteiger partial charge in [-0.15, -0.1) is 5.10 Å². The SMILES string of the molecule is CC1(C)CC1c1nnnn1CC1(C(=O)O)CCCCCC1. The Hall–Kier alpha value is -1.46. The number of carboxylic acids is 1. The summed E-state index contributed by atoms with van der Waals surface area (Å²) >= 11 is 0. The highest BCUT2D eigenvalue weighted by molar-refractivity contribution is 5.74. The van der Waals surface area contributed by atoms with Crippen LogP contribution in [0.15, 0.2) is 0 Å². The highest BCUT2D eigenvalue weighted by atomic mass is 16.4. The molecule has 0 aliphatic heterocycles. The van der Waals surface area contributed by atoms with Crippen LogP contribution in [0.5, 0.6) is 0 Å². The molecule has 2 fully saturated rings. The molecule has 2 aliphatic rings. The number of hydrogen-bond acceptors (Lipinski definition) is 4. The maximum Gasteiger partial charge on any atom is 0.311 e. The maximum absolute atomic E-state index is 11.9. The zero-order valence-electron chi connectivity index (χ0n) is 12.9. The lowest BCUT2D eigenvalue weighted by atomic mass is 9.80. The van der Waals surface area contributed by atoms with Crippen molar-refractivity contribution in [1.82, 2.24) is 20.2 Å². The zero-order chi connectivity index (χ0) is 15.1. The Morgan fingerprint density at radius 2 is 1.90 bits per heavy atom. The number of rotatable bonds is 4. The van der Waals surface area contributed by atoms with E-state index in [0.717, 1.165) is 50.8 Å². The summed E-state index contributed by atoms with van der Waals surface area (Å²) in [7, 11) is 0. The minimum Gasteiger partial charge on any atom is -0.481 e. The number of aromatic nitrogens is 4. The summed E-state index contributed by atoms with van der Waals surface area (Å²) in [6, 6.07) is 0. The van der Waals surface area contributed by atoms with Gasteiger partial charge in [0.15, 0.2) is 5.82 Å². The molecule has 1 N–H and O–H groups in total. The van der Waals surface area contributed by atoms with E-state index in [9.17, 15) is 9.90 Å². The Bertz CT molecular complexity index is 530. The fourth-order valence-electron chi connectivity index (χ4n) is 3.61. The lowest BCUT2D eigenvalue weighted by molar-refractivity contribution is -0.151. The van der Waals surface area contributed by atoms with E-state index in [2.05, 4.69) is 29.4 Å². The average molecular weight is 292 g/mol. The number of tetrazole rings is 1. The van der Waals surface area contributed by atoms with Crippen LogP contribution >= 0.6 is 0 Å². The molecule has 0 spiro atoms. The summed E-state index contributed by atoms with van der Waals surface area (Å²) in [5.41, 5.74) is -0.452. The highest BCUT2D eigenvalue weighted by Crippen LogP contribution is 2.58. The summed E-state index contributed by atoms with van der Waals surface area (Å²) in [4.78, 5) is 11.9. The van der Waals surface area contributed by atoms with E-state index in [1.807, 2.05) is 0 Å². The van der Waals surface area contributed by atoms with Crippen molar-refractivity contribution in [2.45, 2.75) is 71.3 Å². The summed E-state index contributed by atoms with van der Waals surface area (Å²) in [6.45, 7) is 4.82. The average Bonchev–Trinajstić information content (AvgIpc) is 2.93. The Balaban J connectivity index is 1.84. The molecule has 6 nitrogen and oxygen atoms in total. The van der Waals surface area contributed by atoms with Gasteiger partial charge in [0.05, 0.1) is 12.0 Å². The van der Waals surface area contributed by atoms with Crippen LogP contribution < -0.4 is 0 Å². The first kappa shape index (κ1) is 14.5. The van der Waals surface area contributed by atoms with Gasteiger partial charge in [0, 0.05) is 5.92 Å². The second-order valence-electron chi connectivity index (χ2n) is 7.44. The normalized spacial score (nSPS) is 27.0. The fraction of sp³-hybridized carbons (Fsp3) is 0.867. The molecule has 2 saturated carbocycles. The number of aliphatic carboxylic acids is 1. The minimum absolute atomic E-state index is 0.242. The van der Waals surface area contributed by atoms with E-state index >= 15 is 0 Å². The van der Waals surface area contributed by atoms with Gasteiger partial charge in [-0.05, 0) is 35.1 Å². The third kappa shape index (κ3) is 2.68. The molecule has 0 bridgehead atoms. The van der Waals surface area contributed by atoms with E-state index in [1.54, 1.807) is 4.68 Å². The Morgan fingerprint density at radius 1 is 1.29 bits per heavy atom. The molecule has 6 heteroatoms. The molecule has 2 aliphatic carbocycles. The van der Waals surface area contributed by atoms with Crippen molar-refractivity contribution in [3.63, 3.8) is 0 Å². The standard InChI is InChI=1S/C15H24N4O2/c1-14(2)9-11(14)12-16-17-18-19(12)10-15(13(20)21)7-5-3-4-6-8-15/h11H,3-10H2,1-2H3,(H,20,21). The third-order valence-electron chi connectivity index (χ3n) is 5.35. The molecular weight excluding hydrogens is 268 g/mol. The Morgan fingerprint density at radius 3 is 2.43 bits per heavy atom. The smallest absolute Gasteiger partial charge is 0.311 e. The topological polar surface area (TPSA) is 80.9 Å². The van der Waals surface area contributed by atoms with Crippen molar-refractivity contribution in [3.8, 4) is 0 Å². The van der Waals surface area contributed by atoms with Crippen LogP contribution in [0, 0.1) is 10.8 Å². The molecule has 0 radical (unpaired) electrons. The Labute approximate surface area is 124 Å². The molecular formula is C15H24N4O2. The number of carbonyl (C=O) groups is 1. The highest BCUT2D eigenvalue weighted by Gasteiger charge is 2.50. The van der Waals surface area contributed by atoms with Crippen molar-refractivity contribution in [3.05, 3.63) is 5.82 Å². The molecule has 1 heterocycles. The van der Waals surface area contributed by atoms with Crippen molar-refractivity contribution >= 4 is 5.97 Å². The van der Waals surface area contributed by atoms with Gasteiger partial charge in [0.25, 0.3) is 0 Å². The molecule has 3 rings (SSSR count). The second-order valence-corrected chi connectivity index (χ2v) is 7.44.